The van der Waals surface area contributed by atoms with Gasteiger partial charge in [0.05, 0.1) is 0 Å². The largest absolute Gasteiger partial charge is 0.295 e. The molecule has 1 saturated carbocycles. The Bertz CT molecular complexity index is 174. The molecule has 0 radical (unpaired) electrons. The molecule has 0 spiro atoms. The van der Waals surface area contributed by atoms with Crippen molar-refractivity contribution < 1.29 is 0 Å². The van der Waals surface area contributed by atoms with E-state index in [2.05, 4.69) is 32.6 Å². The molecular weight excluding hydrogens is 146 g/mol. The molecule has 0 aromatic rings. The molecule has 0 aromatic carbocycles. The maximum Gasteiger partial charge on any atom is 0.0107 e. The van der Waals surface area contributed by atoms with Crippen LogP contribution < -0.4 is 0 Å². The van der Waals surface area contributed by atoms with Crippen LogP contribution in [0, 0.1) is 11.8 Å². The average molecular weight is 167 g/mol. The molecule has 1 nitrogen and oxygen atoms in total. The van der Waals surface area contributed by atoms with Gasteiger partial charge >= 0.3 is 0 Å². The summed E-state index contributed by atoms with van der Waals surface area (Å²) in [5.41, 5.74) is 0. The number of nitrogens with zero attached hydrogens (tertiary/aromatic N) is 1. The molecule has 2 aliphatic rings. The van der Waals surface area contributed by atoms with Crippen LogP contribution in [0.25, 0.3) is 0 Å². The lowest BCUT2D eigenvalue weighted by Gasteiger charge is -2.38. The normalized spacial score (nSPS) is 47.8. The lowest BCUT2D eigenvalue weighted by molar-refractivity contribution is 0.0890. The van der Waals surface area contributed by atoms with Crippen molar-refractivity contribution in [2.75, 3.05) is 0 Å². The molecule has 1 aliphatic heterocycles. The van der Waals surface area contributed by atoms with Gasteiger partial charge in [0.1, 0.15) is 0 Å². The SMILES string of the molecule is CC1CC2CC1[C@@H](C)N2C(C)C. The third-order valence-corrected chi connectivity index (χ3v) is 4.03. The molecule has 1 saturated heterocycles. The van der Waals surface area contributed by atoms with Crippen molar-refractivity contribution in [1.29, 1.82) is 0 Å². The van der Waals surface area contributed by atoms with E-state index in [1.54, 1.807) is 0 Å². The maximum absolute atomic E-state index is 2.73. The predicted octanol–water partition coefficient (Wildman–Crippen LogP) is 2.51. The van der Waals surface area contributed by atoms with E-state index < -0.39 is 0 Å². The fourth-order valence-electron chi connectivity index (χ4n) is 3.61. The molecule has 4 atom stereocenters. The smallest absolute Gasteiger partial charge is 0.0107 e. The van der Waals surface area contributed by atoms with Crippen molar-refractivity contribution in [2.24, 2.45) is 11.8 Å². The van der Waals surface area contributed by atoms with Crippen LogP contribution in [-0.4, -0.2) is 23.0 Å². The molecule has 1 aliphatic carbocycles. The number of fused-ring (bicyclic) bond motifs is 2. The summed E-state index contributed by atoms with van der Waals surface area (Å²) in [6.07, 6.45) is 2.92. The second kappa shape index (κ2) is 2.73. The Labute approximate surface area is 76.1 Å². The van der Waals surface area contributed by atoms with E-state index in [9.17, 15) is 0 Å². The zero-order chi connectivity index (χ0) is 8.88. The number of hydrogen-bond acceptors (Lipinski definition) is 1. The highest BCUT2D eigenvalue weighted by atomic mass is 15.2. The Morgan fingerprint density at radius 1 is 1.17 bits per heavy atom. The van der Waals surface area contributed by atoms with Crippen molar-refractivity contribution in [3.63, 3.8) is 0 Å². The molecule has 1 heterocycles. The van der Waals surface area contributed by atoms with Crippen molar-refractivity contribution in [1.82, 2.24) is 4.90 Å². The molecule has 2 fully saturated rings. The van der Waals surface area contributed by atoms with Gasteiger partial charge in [-0.05, 0) is 45.4 Å². The lowest BCUT2D eigenvalue weighted by Crippen LogP contribution is -2.45. The number of piperidine rings is 1. The molecule has 2 bridgehead atoms. The molecule has 0 aromatic heterocycles. The molecule has 2 rings (SSSR count). The Balaban J connectivity index is 2.13. The van der Waals surface area contributed by atoms with Gasteiger partial charge in [0.15, 0.2) is 0 Å². The second-order valence-electron chi connectivity index (χ2n) is 5.05. The first-order valence-electron chi connectivity index (χ1n) is 5.38. The van der Waals surface area contributed by atoms with Gasteiger partial charge in [-0.3, -0.25) is 4.90 Å². The van der Waals surface area contributed by atoms with Crippen LogP contribution in [0.1, 0.15) is 40.5 Å². The summed E-state index contributed by atoms with van der Waals surface area (Å²) in [4.78, 5) is 2.73. The standard InChI is InChI=1S/C11H21N/c1-7(2)12-9(4)11-6-10(12)5-8(11)3/h7-11H,5-6H2,1-4H3/t8?,9-,10?,11?/m1/s1. The van der Waals surface area contributed by atoms with Crippen molar-refractivity contribution >= 4 is 0 Å². The van der Waals surface area contributed by atoms with Gasteiger partial charge < -0.3 is 0 Å². The second-order valence-corrected chi connectivity index (χ2v) is 5.05. The molecule has 0 amide bonds. The quantitative estimate of drug-likeness (QED) is 0.580. The minimum Gasteiger partial charge on any atom is -0.295 e. The Morgan fingerprint density at radius 3 is 2.25 bits per heavy atom. The van der Waals surface area contributed by atoms with E-state index >= 15 is 0 Å². The summed E-state index contributed by atoms with van der Waals surface area (Å²) in [7, 11) is 0. The minimum absolute atomic E-state index is 0.752. The Morgan fingerprint density at radius 2 is 1.83 bits per heavy atom. The number of rotatable bonds is 1. The zero-order valence-electron chi connectivity index (χ0n) is 8.75. The third-order valence-electron chi connectivity index (χ3n) is 4.03. The summed E-state index contributed by atoms with van der Waals surface area (Å²) in [5, 5.41) is 0. The zero-order valence-corrected chi connectivity index (χ0v) is 8.75. The summed E-state index contributed by atoms with van der Waals surface area (Å²) in [6, 6.07) is 2.52. The summed E-state index contributed by atoms with van der Waals surface area (Å²) < 4.78 is 0. The van der Waals surface area contributed by atoms with Crippen molar-refractivity contribution in [2.45, 2.75) is 58.7 Å². The monoisotopic (exact) mass is 167 g/mol. The van der Waals surface area contributed by atoms with Crippen LogP contribution in [0.5, 0.6) is 0 Å². The predicted molar refractivity (Wildman–Crippen MR) is 52.1 cm³/mol. The first-order chi connectivity index (χ1) is 5.61. The fraction of sp³-hybridized carbons (Fsp3) is 1.00. The van der Waals surface area contributed by atoms with Gasteiger partial charge in [-0.15, -0.1) is 0 Å². The average Bonchev–Trinajstić information content (AvgIpc) is 2.42. The highest BCUT2D eigenvalue weighted by Gasteiger charge is 2.47. The first-order valence-corrected chi connectivity index (χ1v) is 5.38. The van der Waals surface area contributed by atoms with E-state index in [0.717, 1.165) is 30.0 Å². The summed E-state index contributed by atoms with van der Waals surface area (Å²) in [6.45, 7) is 9.52. The minimum atomic E-state index is 0.752. The van der Waals surface area contributed by atoms with Gasteiger partial charge in [0.2, 0.25) is 0 Å². The third kappa shape index (κ3) is 1.02. The molecule has 3 unspecified atom stereocenters. The van der Waals surface area contributed by atoms with E-state index in [1.807, 2.05) is 0 Å². The van der Waals surface area contributed by atoms with E-state index in [-0.39, 0.29) is 0 Å². The van der Waals surface area contributed by atoms with Crippen LogP contribution in [0.4, 0.5) is 0 Å². The van der Waals surface area contributed by atoms with Crippen LogP contribution >= 0.6 is 0 Å². The van der Waals surface area contributed by atoms with Gasteiger partial charge in [-0.1, -0.05) is 6.92 Å². The van der Waals surface area contributed by atoms with Gasteiger partial charge in [-0.2, -0.15) is 0 Å². The highest BCUT2D eigenvalue weighted by molar-refractivity contribution is 5.01. The van der Waals surface area contributed by atoms with Crippen LogP contribution in [0.2, 0.25) is 0 Å². The first kappa shape index (κ1) is 8.55. The summed E-state index contributed by atoms with van der Waals surface area (Å²) >= 11 is 0. The van der Waals surface area contributed by atoms with E-state index in [4.69, 9.17) is 0 Å². The molecule has 70 valence electrons. The lowest BCUT2D eigenvalue weighted by atomic mass is 9.90. The molecule has 1 heteroatoms. The highest BCUT2D eigenvalue weighted by Crippen LogP contribution is 2.46. The van der Waals surface area contributed by atoms with E-state index in [0.29, 0.717) is 0 Å². The topological polar surface area (TPSA) is 3.24 Å². The molecular formula is C11H21N. The van der Waals surface area contributed by atoms with Crippen molar-refractivity contribution in [3.8, 4) is 0 Å². The number of likely N-dealkylation sites (tertiary alicyclic amines) is 1. The van der Waals surface area contributed by atoms with Crippen LogP contribution in [0.15, 0.2) is 0 Å². The van der Waals surface area contributed by atoms with Crippen molar-refractivity contribution in [3.05, 3.63) is 0 Å². The van der Waals surface area contributed by atoms with Crippen LogP contribution in [0.3, 0.4) is 0 Å². The Hall–Kier alpha value is -0.0400. The fourth-order valence-corrected chi connectivity index (χ4v) is 3.61. The van der Waals surface area contributed by atoms with Gasteiger partial charge in [0, 0.05) is 18.1 Å². The van der Waals surface area contributed by atoms with E-state index in [1.165, 1.54) is 12.8 Å². The summed E-state index contributed by atoms with van der Waals surface area (Å²) in [5.74, 6) is 1.98. The van der Waals surface area contributed by atoms with Gasteiger partial charge in [-0.25, -0.2) is 0 Å². The molecule has 12 heavy (non-hydrogen) atoms. The molecule has 0 N–H and O–H groups in total. The van der Waals surface area contributed by atoms with Crippen LogP contribution in [-0.2, 0) is 0 Å². The van der Waals surface area contributed by atoms with Gasteiger partial charge in [0.25, 0.3) is 0 Å². The number of hydrogen-bond donors (Lipinski definition) is 0. The Kier molecular flexibility index (Phi) is 1.95. The maximum atomic E-state index is 2.73.